The van der Waals surface area contributed by atoms with Gasteiger partial charge in [-0.25, -0.2) is 9.67 Å². The number of ether oxygens (including phenoxy) is 1. The molecule has 0 aliphatic heterocycles. The second kappa shape index (κ2) is 5.63. The number of rotatable bonds is 5. The van der Waals surface area contributed by atoms with E-state index in [1.807, 2.05) is 24.7 Å². The molecular formula is C15H20N4O. The van der Waals surface area contributed by atoms with Crippen molar-refractivity contribution in [3.05, 3.63) is 41.5 Å². The number of hydrogen-bond acceptors (Lipinski definition) is 4. The molecule has 1 N–H and O–H groups in total. The van der Waals surface area contributed by atoms with E-state index in [-0.39, 0.29) is 0 Å². The highest BCUT2D eigenvalue weighted by Crippen LogP contribution is 2.33. The van der Waals surface area contributed by atoms with Crippen molar-refractivity contribution in [3.8, 4) is 5.75 Å². The Hall–Kier alpha value is -1.88. The first-order valence-electron chi connectivity index (χ1n) is 7.11. The van der Waals surface area contributed by atoms with E-state index in [2.05, 4.69) is 27.5 Å². The number of hydrogen-bond donors (Lipinski definition) is 1. The average molecular weight is 272 g/mol. The SMILES string of the molecule is CCn1ncnc1COc1ccc2c(c1)CCC2NC. The molecular weight excluding hydrogens is 252 g/mol. The second-order valence-corrected chi connectivity index (χ2v) is 5.02. The van der Waals surface area contributed by atoms with Gasteiger partial charge in [-0.05, 0) is 50.1 Å². The van der Waals surface area contributed by atoms with Crippen LogP contribution in [0.25, 0.3) is 0 Å². The van der Waals surface area contributed by atoms with Crippen LogP contribution in [0.1, 0.15) is 36.3 Å². The van der Waals surface area contributed by atoms with Crippen molar-refractivity contribution in [1.29, 1.82) is 0 Å². The first kappa shape index (κ1) is 13.1. The molecule has 0 spiro atoms. The van der Waals surface area contributed by atoms with Gasteiger partial charge in [0.05, 0.1) is 0 Å². The molecule has 5 heteroatoms. The summed E-state index contributed by atoms with van der Waals surface area (Å²) in [7, 11) is 2.02. The van der Waals surface area contributed by atoms with E-state index in [1.54, 1.807) is 6.33 Å². The van der Waals surface area contributed by atoms with Gasteiger partial charge in [-0.2, -0.15) is 5.10 Å². The molecule has 0 saturated heterocycles. The van der Waals surface area contributed by atoms with E-state index in [0.29, 0.717) is 12.6 Å². The quantitative estimate of drug-likeness (QED) is 0.905. The molecule has 3 rings (SSSR count). The van der Waals surface area contributed by atoms with E-state index in [4.69, 9.17) is 4.74 Å². The smallest absolute Gasteiger partial charge is 0.164 e. The van der Waals surface area contributed by atoms with Gasteiger partial charge in [0, 0.05) is 12.6 Å². The lowest BCUT2D eigenvalue weighted by molar-refractivity contribution is 0.287. The Balaban J connectivity index is 1.70. The average Bonchev–Trinajstić information content (AvgIpc) is 3.10. The standard InChI is InChI=1S/C15H20N4O/c1-3-19-15(17-10-18-19)9-20-12-5-6-13-11(8-12)4-7-14(13)16-2/h5-6,8,10,14,16H,3-4,7,9H2,1-2H3. The Bertz CT molecular complexity index is 593. The van der Waals surface area contributed by atoms with Crippen LogP contribution >= 0.6 is 0 Å². The fourth-order valence-corrected chi connectivity index (χ4v) is 2.80. The maximum absolute atomic E-state index is 5.84. The van der Waals surface area contributed by atoms with Crippen molar-refractivity contribution in [1.82, 2.24) is 20.1 Å². The van der Waals surface area contributed by atoms with E-state index >= 15 is 0 Å². The first-order chi connectivity index (χ1) is 9.81. The maximum Gasteiger partial charge on any atom is 0.164 e. The maximum atomic E-state index is 5.84. The van der Waals surface area contributed by atoms with Crippen molar-refractivity contribution in [2.24, 2.45) is 0 Å². The van der Waals surface area contributed by atoms with Crippen molar-refractivity contribution >= 4 is 0 Å². The third kappa shape index (κ3) is 2.41. The van der Waals surface area contributed by atoms with Crippen LogP contribution in [-0.2, 0) is 19.6 Å². The van der Waals surface area contributed by atoms with Crippen LogP contribution in [0.3, 0.4) is 0 Å². The molecule has 1 aliphatic rings. The van der Waals surface area contributed by atoms with Gasteiger partial charge in [-0.3, -0.25) is 0 Å². The third-order valence-corrected chi connectivity index (χ3v) is 3.90. The third-order valence-electron chi connectivity index (χ3n) is 3.90. The molecule has 1 aliphatic carbocycles. The summed E-state index contributed by atoms with van der Waals surface area (Å²) >= 11 is 0. The molecule has 20 heavy (non-hydrogen) atoms. The summed E-state index contributed by atoms with van der Waals surface area (Å²) < 4.78 is 7.69. The number of aromatic nitrogens is 3. The Kier molecular flexibility index (Phi) is 3.69. The van der Waals surface area contributed by atoms with E-state index in [9.17, 15) is 0 Å². The summed E-state index contributed by atoms with van der Waals surface area (Å²) in [6.45, 7) is 3.32. The Morgan fingerprint density at radius 2 is 2.35 bits per heavy atom. The molecule has 0 bridgehead atoms. The summed E-state index contributed by atoms with van der Waals surface area (Å²) in [5.41, 5.74) is 2.79. The zero-order valence-corrected chi connectivity index (χ0v) is 12.0. The van der Waals surface area contributed by atoms with Crippen LogP contribution in [0.15, 0.2) is 24.5 Å². The Morgan fingerprint density at radius 3 is 3.15 bits per heavy atom. The van der Waals surface area contributed by atoms with Gasteiger partial charge < -0.3 is 10.1 Å². The van der Waals surface area contributed by atoms with Crippen LogP contribution in [0.4, 0.5) is 0 Å². The molecule has 1 heterocycles. The fraction of sp³-hybridized carbons (Fsp3) is 0.467. The van der Waals surface area contributed by atoms with Gasteiger partial charge >= 0.3 is 0 Å². The highest BCUT2D eigenvalue weighted by Gasteiger charge is 2.21. The van der Waals surface area contributed by atoms with Gasteiger partial charge in [0.15, 0.2) is 5.82 Å². The molecule has 0 radical (unpaired) electrons. The van der Waals surface area contributed by atoms with Gasteiger partial charge in [-0.1, -0.05) is 6.07 Å². The molecule has 1 aromatic carbocycles. The largest absolute Gasteiger partial charge is 0.486 e. The lowest BCUT2D eigenvalue weighted by Crippen LogP contribution is -2.12. The summed E-state index contributed by atoms with van der Waals surface area (Å²) in [6, 6.07) is 6.85. The predicted octanol–water partition coefficient (Wildman–Crippen LogP) is 2.08. The second-order valence-electron chi connectivity index (χ2n) is 5.02. The number of nitrogens with zero attached hydrogens (tertiary/aromatic N) is 3. The highest BCUT2D eigenvalue weighted by molar-refractivity contribution is 5.40. The number of nitrogens with one attached hydrogen (secondary N) is 1. The molecule has 0 saturated carbocycles. The van der Waals surface area contributed by atoms with Crippen LogP contribution < -0.4 is 10.1 Å². The molecule has 5 nitrogen and oxygen atoms in total. The Morgan fingerprint density at radius 1 is 1.45 bits per heavy atom. The topological polar surface area (TPSA) is 52.0 Å². The molecule has 1 atom stereocenters. The minimum absolute atomic E-state index is 0.460. The van der Waals surface area contributed by atoms with Gasteiger partial charge in [0.1, 0.15) is 18.7 Å². The number of aryl methyl sites for hydroxylation is 2. The zero-order chi connectivity index (χ0) is 13.9. The van der Waals surface area contributed by atoms with Crippen LogP contribution in [0.5, 0.6) is 5.75 Å². The molecule has 1 aromatic heterocycles. The van der Waals surface area contributed by atoms with Crippen molar-refractivity contribution in [2.45, 2.75) is 39.0 Å². The monoisotopic (exact) mass is 272 g/mol. The molecule has 1 unspecified atom stereocenters. The van der Waals surface area contributed by atoms with Gasteiger partial charge in [0.25, 0.3) is 0 Å². The first-order valence-corrected chi connectivity index (χ1v) is 7.11. The summed E-state index contributed by atoms with van der Waals surface area (Å²) in [5.74, 6) is 1.77. The molecule has 106 valence electrons. The van der Waals surface area contributed by atoms with Crippen LogP contribution in [0.2, 0.25) is 0 Å². The zero-order valence-electron chi connectivity index (χ0n) is 12.0. The van der Waals surface area contributed by atoms with E-state index in [0.717, 1.165) is 24.5 Å². The van der Waals surface area contributed by atoms with Crippen LogP contribution in [-0.4, -0.2) is 21.8 Å². The number of fused-ring (bicyclic) bond motifs is 1. The lowest BCUT2D eigenvalue weighted by atomic mass is 10.1. The summed E-state index contributed by atoms with van der Waals surface area (Å²) in [6.07, 6.45) is 3.85. The number of benzene rings is 1. The van der Waals surface area contributed by atoms with E-state index in [1.165, 1.54) is 17.5 Å². The minimum Gasteiger partial charge on any atom is -0.486 e. The fourth-order valence-electron chi connectivity index (χ4n) is 2.80. The summed E-state index contributed by atoms with van der Waals surface area (Å²) in [5, 5.41) is 7.49. The minimum atomic E-state index is 0.460. The van der Waals surface area contributed by atoms with Crippen LogP contribution in [0, 0.1) is 0 Å². The van der Waals surface area contributed by atoms with Crippen molar-refractivity contribution < 1.29 is 4.74 Å². The highest BCUT2D eigenvalue weighted by atomic mass is 16.5. The Labute approximate surface area is 119 Å². The molecule has 0 amide bonds. The lowest BCUT2D eigenvalue weighted by Gasteiger charge is -2.11. The normalized spacial score (nSPS) is 17.2. The van der Waals surface area contributed by atoms with Gasteiger partial charge in [0.2, 0.25) is 0 Å². The predicted molar refractivity (Wildman–Crippen MR) is 76.6 cm³/mol. The summed E-state index contributed by atoms with van der Waals surface area (Å²) in [4.78, 5) is 4.22. The van der Waals surface area contributed by atoms with Gasteiger partial charge in [-0.15, -0.1) is 0 Å². The van der Waals surface area contributed by atoms with Crippen molar-refractivity contribution in [3.63, 3.8) is 0 Å². The molecule has 2 aromatic rings. The molecule has 0 fully saturated rings. The van der Waals surface area contributed by atoms with E-state index < -0.39 is 0 Å². The van der Waals surface area contributed by atoms with Crippen molar-refractivity contribution in [2.75, 3.05) is 7.05 Å².